The summed E-state index contributed by atoms with van der Waals surface area (Å²) in [6.45, 7) is 5.77. The lowest BCUT2D eigenvalue weighted by Gasteiger charge is -2.05. The highest BCUT2D eigenvalue weighted by atomic mass is 79.9. The van der Waals surface area contributed by atoms with Crippen molar-refractivity contribution in [1.29, 1.82) is 0 Å². The molecule has 0 N–H and O–H groups in total. The maximum atomic E-state index is 12.0. The molecule has 0 radical (unpaired) electrons. The summed E-state index contributed by atoms with van der Waals surface area (Å²) in [5, 5.41) is 0. The van der Waals surface area contributed by atoms with Gasteiger partial charge in [-0.2, -0.15) is 0 Å². The lowest BCUT2D eigenvalue weighted by atomic mass is 10.0. The molecule has 2 aromatic rings. The fourth-order valence-electron chi connectivity index (χ4n) is 2.10. The Bertz CT molecular complexity index is 597. The number of carbonyl (C=O) groups excluding carboxylic acids is 1. The van der Waals surface area contributed by atoms with E-state index in [2.05, 4.69) is 15.9 Å². The van der Waals surface area contributed by atoms with E-state index in [9.17, 15) is 4.79 Å². The summed E-state index contributed by atoms with van der Waals surface area (Å²) in [5.41, 5.74) is 2.27. The first-order chi connectivity index (χ1) is 9.04. The van der Waals surface area contributed by atoms with Crippen molar-refractivity contribution in [2.75, 3.05) is 6.61 Å². The number of aryl methyl sites for hydroxylation is 2. The lowest BCUT2D eigenvalue weighted by Crippen LogP contribution is -2.06. The first-order valence-corrected chi connectivity index (χ1v) is 6.87. The largest absolute Gasteiger partial charge is 0.465 e. The van der Waals surface area contributed by atoms with Gasteiger partial charge in [-0.15, -0.1) is 0 Å². The Morgan fingerprint density at radius 2 is 1.84 bits per heavy atom. The second-order valence-corrected chi connectivity index (χ2v) is 5.11. The van der Waals surface area contributed by atoms with Gasteiger partial charge in [-0.3, -0.25) is 0 Å². The van der Waals surface area contributed by atoms with Gasteiger partial charge in [0.2, 0.25) is 0 Å². The van der Waals surface area contributed by atoms with Crippen LogP contribution in [0.5, 0.6) is 0 Å². The third kappa shape index (κ3) is 2.73. The summed E-state index contributed by atoms with van der Waals surface area (Å²) in [7, 11) is 0. The highest BCUT2D eigenvalue weighted by molar-refractivity contribution is 9.10. The Balaban J connectivity index is 2.56. The van der Waals surface area contributed by atoms with E-state index in [4.69, 9.17) is 9.15 Å². The van der Waals surface area contributed by atoms with E-state index in [1.807, 2.05) is 31.2 Å². The minimum Gasteiger partial charge on any atom is -0.465 e. The van der Waals surface area contributed by atoms with Gasteiger partial charge in [-0.1, -0.05) is 28.1 Å². The average molecular weight is 323 g/mol. The van der Waals surface area contributed by atoms with Gasteiger partial charge in [0.05, 0.1) is 6.61 Å². The average Bonchev–Trinajstić information content (AvgIpc) is 2.65. The summed E-state index contributed by atoms with van der Waals surface area (Å²) in [6, 6.07) is 7.77. The highest BCUT2D eigenvalue weighted by Crippen LogP contribution is 2.33. The number of carbonyl (C=O) groups is 1. The van der Waals surface area contributed by atoms with Gasteiger partial charge in [0, 0.05) is 10.0 Å². The molecule has 19 heavy (non-hydrogen) atoms. The number of rotatable bonds is 3. The van der Waals surface area contributed by atoms with Crippen LogP contribution in [0.25, 0.3) is 11.1 Å². The fraction of sp³-hybridized carbons (Fsp3) is 0.267. The van der Waals surface area contributed by atoms with Crippen molar-refractivity contribution >= 4 is 21.9 Å². The summed E-state index contributed by atoms with van der Waals surface area (Å²) >= 11 is 3.40. The number of furan rings is 1. The Morgan fingerprint density at radius 3 is 2.42 bits per heavy atom. The van der Waals surface area contributed by atoms with Gasteiger partial charge in [0.1, 0.15) is 17.1 Å². The van der Waals surface area contributed by atoms with Crippen LogP contribution in [0.15, 0.2) is 33.2 Å². The molecule has 0 atom stereocenters. The van der Waals surface area contributed by atoms with Crippen molar-refractivity contribution in [2.24, 2.45) is 0 Å². The van der Waals surface area contributed by atoms with Gasteiger partial charge >= 0.3 is 5.97 Å². The number of hydrogen-bond acceptors (Lipinski definition) is 3. The molecule has 0 bridgehead atoms. The van der Waals surface area contributed by atoms with Crippen LogP contribution in [0.2, 0.25) is 0 Å². The molecule has 0 saturated heterocycles. The molecule has 0 aliphatic carbocycles. The van der Waals surface area contributed by atoms with E-state index in [-0.39, 0.29) is 5.97 Å². The minimum absolute atomic E-state index is 0.338. The number of ether oxygens (including phenoxy) is 1. The zero-order valence-corrected chi connectivity index (χ0v) is 12.7. The molecular formula is C15H15BrO3. The molecule has 0 spiro atoms. The molecule has 0 unspecified atom stereocenters. The van der Waals surface area contributed by atoms with Crippen LogP contribution in [0.4, 0.5) is 0 Å². The molecule has 0 amide bonds. The van der Waals surface area contributed by atoms with Gasteiger partial charge in [-0.25, -0.2) is 4.79 Å². The molecule has 1 aromatic carbocycles. The van der Waals surface area contributed by atoms with Crippen LogP contribution in [0.3, 0.4) is 0 Å². The molecule has 0 aliphatic heterocycles. The van der Waals surface area contributed by atoms with Gasteiger partial charge in [0.15, 0.2) is 0 Å². The smallest absolute Gasteiger partial charge is 0.342 e. The van der Waals surface area contributed by atoms with Gasteiger partial charge in [-0.05, 0) is 38.5 Å². The van der Waals surface area contributed by atoms with Crippen LogP contribution in [0.1, 0.15) is 28.8 Å². The maximum absolute atomic E-state index is 12.0. The summed E-state index contributed by atoms with van der Waals surface area (Å²) < 4.78 is 11.7. The second kappa shape index (κ2) is 5.61. The van der Waals surface area contributed by atoms with Crippen molar-refractivity contribution in [3.63, 3.8) is 0 Å². The van der Waals surface area contributed by atoms with E-state index in [1.165, 1.54) is 0 Å². The molecule has 100 valence electrons. The molecular weight excluding hydrogens is 308 g/mol. The summed E-state index contributed by atoms with van der Waals surface area (Å²) in [5.74, 6) is 0.978. The second-order valence-electron chi connectivity index (χ2n) is 4.19. The summed E-state index contributed by atoms with van der Waals surface area (Å²) in [6.07, 6.45) is 0. The van der Waals surface area contributed by atoms with Crippen LogP contribution < -0.4 is 0 Å². The highest BCUT2D eigenvalue weighted by Gasteiger charge is 2.23. The number of benzene rings is 1. The van der Waals surface area contributed by atoms with Crippen LogP contribution in [-0.2, 0) is 4.74 Å². The van der Waals surface area contributed by atoms with E-state index in [1.54, 1.807) is 13.8 Å². The van der Waals surface area contributed by atoms with Crippen LogP contribution >= 0.6 is 15.9 Å². The number of halogens is 1. The fourth-order valence-corrected chi connectivity index (χ4v) is 2.36. The summed E-state index contributed by atoms with van der Waals surface area (Å²) in [4.78, 5) is 12.0. The topological polar surface area (TPSA) is 39.4 Å². The monoisotopic (exact) mass is 322 g/mol. The zero-order valence-electron chi connectivity index (χ0n) is 11.1. The first-order valence-electron chi connectivity index (χ1n) is 6.07. The Morgan fingerprint density at radius 1 is 1.21 bits per heavy atom. The van der Waals surface area contributed by atoms with Crippen molar-refractivity contribution in [3.05, 3.63) is 45.8 Å². The third-order valence-electron chi connectivity index (χ3n) is 2.87. The minimum atomic E-state index is -0.338. The SMILES string of the molecule is CCOC(=O)c1c(C)oc(C)c1-c1ccc(Br)cc1. The van der Waals surface area contributed by atoms with Crippen molar-refractivity contribution in [1.82, 2.24) is 0 Å². The molecule has 3 nitrogen and oxygen atoms in total. The quantitative estimate of drug-likeness (QED) is 0.781. The normalized spacial score (nSPS) is 10.5. The van der Waals surface area contributed by atoms with E-state index in [0.29, 0.717) is 17.9 Å². The molecule has 0 fully saturated rings. The third-order valence-corrected chi connectivity index (χ3v) is 3.40. The van der Waals surface area contributed by atoms with E-state index < -0.39 is 0 Å². The molecule has 2 rings (SSSR count). The Hall–Kier alpha value is -1.55. The van der Waals surface area contributed by atoms with Crippen LogP contribution in [-0.4, -0.2) is 12.6 Å². The number of hydrogen-bond donors (Lipinski definition) is 0. The van der Waals surface area contributed by atoms with E-state index >= 15 is 0 Å². The molecule has 0 saturated carbocycles. The molecule has 1 aromatic heterocycles. The predicted molar refractivity (Wildman–Crippen MR) is 77.3 cm³/mol. The molecule has 4 heteroatoms. The van der Waals surface area contributed by atoms with Crippen molar-refractivity contribution in [2.45, 2.75) is 20.8 Å². The first kappa shape index (κ1) is 13.9. The van der Waals surface area contributed by atoms with Gasteiger partial charge < -0.3 is 9.15 Å². The van der Waals surface area contributed by atoms with E-state index in [0.717, 1.165) is 21.4 Å². The van der Waals surface area contributed by atoms with Crippen molar-refractivity contribution < 1.29 is 13.9 Å². The standard InChI is InChI=1S/C15H15BrO3/c1-4-18-15(17)14-10(3)19-9(2)13(14)11-5-7-12(16)8-6-11/h5-8H,4H2,1-3H3. The number of esters is 1. The maximum Gasteiger partial charge on any atom is 0.342 e. The zero-order chi connectivity index (χ0) is 14.0. The lowest BCUT2D eigenvalue weighted by molar-refractivity contribution is 0.0525. The van der Waals surface area contributed by atoms with Crippen molar-refractivity contribution in [3.8, 4) is 11.1 Å². The Labute approximate surface area is 120 Å². The Kier molecular flexibility index (Phi) is 4.10. The van der Waals surface area contributed by atoms with Crippen LogP contribution in [0, 0.1) is 13.8 Å². The molecule has 0 aliphatic rings. The predicted octanol–water partition coefficient (Wildman–Crippen LogP) is 4.50. The molecule has 1 heterocycles. The van der Waals surface area contributed by atoms with Gasteiger partial charge in [0.25, 0.3) is 0 Å².